The van der Waals surface area contributed by atoms with Gasteiger partial charge in [0.25, 0.3) is 0 Å². The zero-order valence-electron chi connectivity index (χ0n) is 11.9. The average molecular weight is 281 g/mol. The van der Waals surface area contributed by atoms with Crippen molar-refractivity contribution in [3.63, 3.8) is 0 Å². The van der Waals surface area contributed by atoms with E-state index < -0.39 is 0 Å². The van der Waals surface area contributed by atoms with E-state index in [0.717, 1.165) is 55.0 Å². The second-order valence-corrected chi connectivity index (χ2v) is 5.07. The van der Waals surface area contributed by atoms with E-state index in [1.54, 1.807) is 0 Å². The molecule has 3 rings (SSSR count). The largest absolute Gasteiger partial charge is 0.330 e. The Bertz CT molecular complexity index is 705. The molecule has 0 fully saturated rings. The maximum atomic E-state index is 5.52. The Kier molecular flexibility index (Phi) is 4.21. The highest BCUT2D eigenvalue weighted by molar-refractivity contribution is 5.59. The minimum absolute atomic E-state index is 0.747. The number of hydrogen-bond acceptors (Lipinski definition) is 4. The van der Waals surface area contributed by atoms with Crippen LogP contribution in [0.4, 0.5) is 0 Å². The van der Waals surface area contributed by atoms with Crippen LogP contribution in [-0.4, -0.2) is 26.4 Å². The summed E-state index contributed by atoms with van der Waals surface area (Å²) in [7, 11) is 0. The summed E-state index contributed by atoms with van der Waals surface area (Å²) in [5, 5.41) is 13.1. The topological polar surface area (TPSA) is 69.1 Å². The first-order chi connectivity index (χ1) is 10.4. The molecule has 1 aromatic carbocycles. The van der Waals surface area contributed by atoms with E-state index in [4.69, 9.17) is 5.73 Å². The van der Waals surface area contributed by atoms with Crippen molar-refractivity contribution in [1.29, 1.82) is 0 Å². The van der Waals surface area contributed by atoms with Crippen LogP contribution in [0.1, 0.15) is 25.1 Å². The molecule has 5 nitrogen and oxygen atoms in total. The molecule has 0 unspecified atom stereocenters. The molecule has 0 aliphatic heterocycles. The monoisotopic (exact) mass is 281 g/mol. The number of fused-ring (bicyclic) bond motifs is 1. The highest BCUT2D eigenvalue weighted by atomic mass is 15.4. The van der Waals surface area contributed by atoms with Crippen molar-refractivity contribution in [2.45, 2.75) is 25.7 Å². The van der Waals surface area contributed by atoms with Crippen LogP contribution in [0.5, 0.6) is 0 Å². The number of aromatic nitrogens is 4. The Balaban J connectivity index is 1.86. The molecule has 0 bridgehead atoms. The average Bonchev–Trinajstić information content (AvgIpc) is 2.95. The maximum Gasteiger partial charge on any atom is 0.177 e. The third-order valence-electron chi connectivity index (χ3n) is 3.50. The van der Waals surface area contributed by atoms with E-state index in [0.29, 0.717) is 0 Å². The van der Waals surface area contributed by atoms with Crippen LogP contribution < -0.4 is 5.73 Å². The van der Waals surface area contributed by atoms with Gasteiger partial charge in [0, 0.05) is 12.0 Å². The van der Waals surface area contributed by atoms with Crippen LogP contribution in [0.25, 0.3) is 16.9 Å². The second-order valence-electron chi connectivity index (χ2n) is 5.07. The summed E-state index contributed by atoms with van der Waals surface area (Å²) in [6.07, 6.45) is 4.12. The van der Waals surface area contributed by atoms with Gasteiger partial charge >= 0.3 is 0 Å². The smallest absolute Gasteiger partial charge is 0.177 e. The van der Waals surface area contributed by atoms with Crippen molar-refractivity contribution in [2.24, 2.45) is 5.73 Å². The van der Waals surface area contributed by atoms with Gasteiger partial charge in [-0.15, -0.1) is 10.2 Å². The Labute approximate surface area is 123 Å². The highest BCUT2D eigenvalue weighted by Crippen LogP contribution is 2.17. The molecule has 21 heavy (non-hydrogen) atoms. The lowest BCUT2D eigenvalue weighted by molar-refractivity contribution is 0.656. The number of unbranched alkanes of at least 4 members (excludes halogenated alkanes) is 2. The lowest BCUT2D eigenvalue weighted by atomic mass is 10.1. The summed E-state index contributed by atoms with van der Waals surface area (Å²) in [4.78, 5) is 0. The minimum Gasteiger partial charge on any atom is -0.330 e. The van der Waals surface area contributed by atoms with Crippen molar-refractivity contribution in [2.75, 3.05) is 6.54 Å². The Hall–Kier alpha value is -2.27. The van der Waals surface area contributed by atoms with Gasteiger partial charge in [-0.3, -0.25) is 0 Å². The standard InChI is InChI=1S/C16H19N5/c17-12-6-2-5-9-15-18-19-16-11-10-14(20-21(15)16)13-7-3-1-4-8-13/h1,3-4,7-8,10-11H,2,5-6,9,12,17H2. The van der Waals surface area contributed by atoms with E-state index >= 15 is 0 Å². The Morgan fingerprint density at radius 3 is 2.57 bits per heavy atom. The quantitative estimate of drug-likeness (QED) is 0.705. The maximum absolute atomic E-state index is 5.52. The first-order valence-electron chi connectivity index (χ1n) is 7.35. The molecule has 3 aromatic rings. The molecule has 5 heteroatoms. The van der Waals surface area contributed by atoms with Crippen LogP contribution >= 0.6 is 0 Å². The van der Waals surface area contributed by atoms with Crippen molar-refractivity contribution in [1.82, 2.24) is 19.8 Å². The molecule has 0 saturated carbocycles. The molecule has 2 aromatic heterocycles. The molecule has 0 radical (unpaired) electrons. The summed E-state index contributed by atoms with van der Waals surface area (Å²) in [6, 6.07) is 14.1. The molecule has 0 amide bonds. The first kappa shape index (κ1) is 13.7. The summed E-state index contributed by atoms with van der Waals surface area (Å²) >= 11 is 0. The third-order valence-corrected chi connectivity index (χ3v) is 3.50. The fourth-order valence-corrected chi connectivity index (χ4v) is 2.36. The van der Waals surface area contributed by atoms with E-state index in [1.807, 2.05) is 34.8 Å². The molecule has 108 valence electrons. The Morgan fingerprint density at radius 1 is 0.905 bits per heavy atom. The molecular weight excluding hydrogens is 262 g/mol. The van der Waals surface area contributed by atoms with Crippen molar-refractivity contribution < 1.29 is 0 Å². The zero-order valence-corrected chi connectivity index (χ0v) is 11.9. The van der Waals surface area contributed by atoms with Crippen LogP contribution in [0.15, 0.2) is 42.5 Å². The molecule has 0 spiro atoms. The van der Waals surface area contributed by atoms with Gasteiger partial charge in [-0.05, 0) is 31.5 Å². The van der Waals surface area contributed by atoms with E-state index in [2.05, 4.69) is 27.4 Å². The van der Waals surface area contributed by atoms with Gasteiger partial charge in [-0.1, -0.05) is 36.8 Å². The molecule has 0 aliphatic carbocycles. The van der Waals surface area contributed by atoms with E-state index in [9.17, 15) is 0 Å². The van der Waals surface area contributed by atoms with Crippen LogP contribution in [0.3, 0.4) is 0 Å². The molecular formula is C16H19N5. The first-order valence-corrected chi connectivity index (χ1v) is 7.35. The van der Waals surface area contributed by atoms with Crippen molar-refractivity contribution in [3.05, 3.63) is 48.3 Å². The van der Waals surface area contributed by atoms with Gasteiger partial charge in [0.15, 0.2) is 11.5 Å². The fourth-order valence-electron chi connectivity index (χ4n) is 2.36. The van der Waals surface area contributed by atoms with Crippen molar-refractivity contribution >= 4 is 5.65 Å². The summed E-state index contributed by atoms with van der Waals surface area (Å²) < 4.78 is 1.85. The molecule has 0 aliphatic rings. The lowest BCUT2D eigenvalue weighted by Crippen LogP contribution is -2.02. The number of hydrogen-bond donors (Lipinski definition) is 1. The third kappa shape index (κ3) is 3.08. The number of benzene rings is 1. The number of nitrogens with two attached hydrogens (primary N) is 1. The van der Waals surface area contributed by atoms with E-state index in [1.165, 1.54) is 0 Å². The normalized spacial score (nSPS) is 11.1. The molecule has 2 N–H and O–H groups in total. The van der Waals surface area contributed by atoms with Gasteiger partial charge in [-0.2, -0.15) is 9.61 Å². The van der Waals surface area contributed by atoms with Crippen LogP contribution in [0, 0.1) is 0 Å². The lowest BCUT2D eigenvalue weighted by Gasteiger charge is -2.03. The van der Waals surface area contributed by atoms with Crippen LogP contribution in [-0.2, 0) is 6.42 Å². The van der Waals surface area contributed by atoms with Crippen LogP contribution in [0.2, 0.25) is 0 Å². The summed E-state index contributed by atoms with van der Waals surface area (Å²) in [5.41, 5.74) is 8.35. The fraction of sp³-hybridized carbons (Fsp3) is 0.312. The molecule has 0 saturated heterocycles. The van der Waals surface area contributed by atoms with Crippen molar-refractivity contribution in [3.8, 4) is 11.3 Å². The van der Waals surface area contributed by atoms with Gasteiger partial charge in [-0.25, -0.2) is 0 Å². The second kappa shape index (κ2) is 6.45. The molecule has 0 atom stereocenters. The SMILES string of the molecule is NCCCCCc1nnc2ccc(-c3ccccc3)nn12. The number of aryl methyl sites for hydroxylation is 1. The number of rotatable bonds is 6. The summed E-state index contributed by atoms with van der Waals surface area (Å²) in [6.45, 7) is 0.747. The minimum atomic E-state index is 0.747. The highest BCUT2D eigenvalue weighted by Gasteiger charge is 2.08. The summed E-state index contributed by atoms with van der Waals surface area (Å²) in [5.74, 6) is 0.916. The van der Waals surface area contributed by atoms with Gasteiger partial charge in [0.1, 0.15) is 0 Å². The Morgan fingerprint density at radius 2 is 1.76 bits per heavy atom. The number of nitrogens with zero attached hydrogens (tertiary/aromatic N) is 4. The zero-order chi connectivity index (χ0) is 14.5. The molecule has 2 heterocycles. The van der Waals surface area contributed by atoms with Gasteiger partial charge in [0.05, 0.1) is 5.69 Å². The predicted molar refractivity (Wildman–Crippen MR) is 82.8 cm³/mol. The predicted octanol–water partition coefficient (Wildman–Crippen LogP) is 2.46. The van der Waals surface area contributed by atoms with Gasteiger partial charge < -0.3 is 5.73 Å². The van der Waals surface area contributed by atoms with Gasteiger partial charge in [0.2, 0.25) is 0 Å². The van der Waals surface area contributed by atoms with E-state index in [-0.39, 0.29) is 0 Å².